The monoisotopic (exact) mass is 368 g/mol. The van der Waals surface area contributed by atoms with Crippen LogP contribution >= 0.6 is 0 Å². The lowest BCUT2D eigenvalue weighted by molar-refractivity contribution is -0.137. The molecule has 1 amide bonds. The number of carbonyl (C=O) groups is 1. The Hall–Kier alpha value is -2.35. The second-order valence-electron chi connectivity index (χ2n) is 6.15. The lowest BCUT2D eigenvalue weighted by atomic mass is 10.1. The van der Waals surface area contributed by atoms with Crippen LogP contribution in [0.3, 0.4) is 0 Å². The van der Waals surface area contributed by atoms with Crippen LogP contribution in [-0.2, 0) is 6.18 Å². The summed E-state index contributed by atoms with van der Waals surface area (Å²) in [6, 6.07) is 4.69. The molecule has 2 aromatic rings. The first-order valence-corrected chi connectivity index (χ1v) is 8.51. The Kier molecular flexibility index (Phi) is 6.42. The fourth-order valence-corrected chi connectivity index (χ4v) is 2.67. The van der Waals surface area contributed by atoms with Gasteiger partial charge in [0.15, 0.2) is 0 Å². The van der Waals surface area contributed by atoms with Crippen LogP contribution in [0.1, 0.15) is 47.8 Å². The Morgan fingerprint density at radius 3 is 2.73 bits per heavy atom. The molecule has 1 unspecified atom stereocenters. The predicted molar refractivity (Wildman–Crippen MR) is 93.1 cm³/mol. The van der Waals surface area contributed by atoms with Crippen molar-refractivity contribution in [3.63, 3.8) is 0 Å². The molecule has 0 saturated carbocycles. The zero-order valence-electron chi connectivity index (χ0n) is 14.8. The second-order valence-corrected chi connectivity index (χ2v) is 6.15. The molecule has 0 aliphatic carbocycles. The van der Waals surface area contributed by atoms with Gasteiger partial charge in [-0.2, -0.15) is 18.3 Å². The van der Waals surface area contributed by atoms with Gasteiger partial charge in [-0.1, -0.05) is 25.8 Å². The Morgan fingerprint density at radius 1 is 1.38 bits per heavy atom. The molecule has 2 rings (SSSR count). The van der Waals surface area contributed by atoms with E-state index in [0.717, 1.165) is 31.4 Å². The molecule has 0 aliphatic rings. The summed E-state index contributed by atoms with van der Waals surface area (Å²) < 4.78 is 40.0. The maximum absolute atomic E-state index is 12.9. The first-order chi connectivity index (χ1) is 12.3. The number of alkyl halides is 3. The first-order valence-electron chi connectivity index (χ1n) is 8.51. The molecular formula is C18H23F3N4O. The van der Waals surface area contributed by atoms with Crippen LogP contribution in [0.2, 0.25) is 0 Å². The van der Waals surface area contributed by atoms with Crippen LogP contribution in [0.25, 0.3) is 5.69 Å². The number of halogens is 3. The molecule has 26 heavy (non-hydrogen) atoms. The zero-order valence-corrected chi connectivity index (χ0v) is 14.8. The van der Waals surface area contributed by atoms with Gasteiger partial charge in [0.1, 0.15) is 0 Å². The molecule has 0 bridgehead atoms. The van der Waals surface area contributed by atoms with Crippen molar-refractivity contribution in [3.8, 4) is 5.69 Å². The summed E-state index contributed by atoms with van der Waals surface area (Å²) in [7, 11) is 0. The van der Waals surface area contributed by atoms with Gasteiger partial charge in [-0.15, -0.1) is 0 Å². The van der Waals surface area contributed by atoms with Crippen molar-refractivity contribution in [1.82, 2.24) is 15.1 Å². The van der Waals surface area contributed by atoms with Crippen LogP contribution in [0.15, 0.2) is 30.5 Å². The maximum atomic E-state index is 12.9. The number of nitrogens with one attached hydrogen (secondary N) is 1. The normalized spacial score (nSPS) is 12.8. The zero-order chi connectivity index (χ0) is 19.3. The Bertz CT molecular complexity index is 755. The number of amides is 1. The SMILES string of the molecule is CCCCC(CN)NC(=O)c1cnn(-c2cccc(C(F)(F)F)c2)c1C. The molecule has 1 aromatic heterocycles. The summed E-state index contributed by atoms with van der Waals surface area (Å²) in [5.74, 6) is -0.327. The number of benzene rings is 1. The minimum atomic E-state index is -4.44. The summed E-state index contributed by atoms with van der Waals surface area (Å²) in [6.45, 7) is 4.02. The van der Waals surface area contributed by atoms with E-state index in [9.17, 15) is 18.0 Å². The molecule has 0 spiro atoms. The van der Waals surface area contributed by atoms with Gasteiger partial charge in [0.25, 0.3) is 5.91 Å². The fraction of sp³-hybridized carbons (Fsp3) is 0.444. The molecule has 142 valence electrons. The van der Waals surface area contributed by atoms with Gasteiger partial charge in [0, 0.05) is 12.6 Å². The minimum Gasteiger partial charge on any atom is -0.348 e. The summed E-state index contributed by atoms with van der Waals surface area (Å²) in [5.41, 5.74) is 5.96. The van der Waals surface area contributed by atoms with Gasteiger partial charge in [0.2, 0.25) is 0 Å². The third-order valence-electron chi connectivity index (χ3n) is 4.20. The van der Waals surface area contributed by atoms with Crippen molar-refractivity contribution in [2.75, 3.05) is 6.54 Å². The Morgan fingerprint density at radius 2 is 2.12 bits per heavy atom. The standard InChI is InChI=1S/C18H23F3N4O/c1-3-4-7-14(10-22)24-17(26)16-11-23-25(12(16)2)15-8-5-6-13(9-15)18(19,20)21/h5-6,8-9,11,14H,3-4,7,10,22H2,1-2H3,(H,24,26). The van der Waals surface area contributed by atoms with E-state index in [-0.39, 0.29) is 17.6 Å². The number of nitrogens with zero attached hydrogens (tertiary/aromatic N) is 2. The molecule has 0 radical (unpaired) electrons. The van der Waals surface area contributed by atoms with E-state index in [1.807, 2.05) is 0 Å². The lowest BCUT2D eigenvalue weighted by Crippen LogP contribution is -2.40. The number of unbranched alkanes of at least 4 members (excludes halogenated alkanes) is 1. The number of rotatable bonds is 7. The van der Waals surface area contributed by atoms with Gasteiger partial charge in [-0.3, -0.25) is 4.79 Å². The van der Waals surface area contributed by atoms with Crippen molar-refractivity contribution in [2.45, 2.75) is 45.3 Å². The fourth-order valence-electron chi connectivity index (χ4n) is 2.67. The molecule has 1 atom stereocenters. The molecule has 5 nitrogen and oxygen atoms in total. The van der Waals surface area contributed by atoms with Crippen LogP contribution in [0.4, 0.5) is 13.2 Å². The lowest BCUT2D eigenvalue weighted by Gasteiger charge is -2.16. The molecule has 0 fully saturated rings. The van der Waals surface area contributed by atoms with Crippen LogP contribution in [0.5, 0.6) is 0 Å². The van der Waals surface area contributed by atoms with Crippen molar-refractivity contribution >= 4 is 5.91 Å². The average Bonchev–Trinajstić information content (AvgIpc) is 2.99. The highest BCUT2D eigenvalue weighted by atomic mass is 19.4. The predicted octanol–water partition coefficient (Wildman–Crippen LogP) is 3.45. The highest BCUT2D eigenvalue weighted by Crippen LogP contribution is 2.30. The van der Waals surface area contributed by atoms with Crippen molar-refractivity contribution in [2.24, 2.45) is 5.73 Å². The second kappa shape index (κ2) is 8.35. The third-order valence-corrected chi connectivity index (χ3v) is 4.20. The number of aromatic nitrogens is 2. The van der Waals surface area contributed by atoms with Crippen LogP contribution in [-0.4, -0.2) is 28.3 Å². The molecule has 0 saturated heterocycles. The molecule has 1 heterocycles. The van der Waals surface area contributed by atoms with Crippen molar-refractivity contribution in [3.05, 3.63) is 47.3 Å². The quantitative estimate of drug-likeness (QED) is 0.786. The van der Waals surface area contributed by atoms with E-state index in [1.54, 1.807) is 6.92 Å². The minimum absolute atomic E-state index is 0.140. The van der Waals surface area contributed by atoms with Crippen molar-refractivity contribution < 1.29 is 18.0 Å². The Balaban J connectivity index is 2.23. The number of nitrogens with two attached hydrogens (primary N) is 1. The largest absolute Gasteiger partial charge is 0.416 e. The topological polar surface area (TPSA) is 72.9 Å². The molecule has 1 aromatic carbocycles. The average molecular weight is 368 g/mol. The molecule has 0 aliphatic heterocycles. The van der Waals surface area contributed by atoms with Crippen LogP contribution < -0.4 is 11.1 Å². The molecule has 8 heteroatoms. The van der Waals surface area contributed by atoms with Gasteiger partial charge >= 0.3 is 6.18 Å². The maximum Gasteiger partial charge on any atom is 0.416 e. The van der Waals surface area contributed by atoms with Crippen molar-refractivity contribution in [1.29, 1.82) is 0 Å². The van der Waals surface area contributed by atoms with Gasteiger partial charge < -0.3 is 11.1 Å². The van der Waals surface area contributed by atoms with E-state index in [4.69, 9.17) is 5.73 Å². The Labute approximate surface area is 150 Å². The number of hydrogen-bond donors (Lipinski definition) is 2. The van der Waals surface area contributed by atoms with E-state index < -0.39 is 11.7 Å². The first kappa shape index (κ1) is 20.0. The number of hydrogen-bond acceptors (Lipinski definition) is 3. The summed E-state index contributed by atoms with van der Waals surface area (Å²) in [4.78, 5) is 12.5. The van der Waals surface area contributed by atoms with E-state index in [2.05, 4.69) is 17.3 Å². The van der Waals surface area contributed by atoms with Gasteiger partial charge in [-0.05, 0) is 31.5 Å². The van der Waals surface area contributed by atoms with Crippen LogP contribution in [0, 0.1) is 6.92 Å². The van der Waals surface area contributed by atoms with Gasteiger partial charge in [-0.25, -0.2) is 4.68 Å². The van der Waals surface area contributed by atoms with E-state index >= 15 is 0 Å². The number of carbonyl (C=O) groups excluding carboxylic acids is 1. The van der Waals surface area contributed by atoms with E-state index in [0.29, 0.717) is 17.8 Å². The van der Waals surface area contributed by atoms with E-state index in [1.165, 1.54) is 23.0 Å². The molecular weight excluding hydrogens is 345 g/mol. The molecule has 3 N–H and O–H groups in total. The van der Waals surface area contributed by atoms with Gasteiger partial charge in [0.05, 0.1) is 28.7 Å². The smallest absolute Gasteiger partial charge is 0.348 e. The summed E-state index contributed by atoms with van der Waals surface area (Å²) in [6.07, 6.45) is -0.355. The highest BCUT2D eigenvalue weighted by Gasteiger charge is 2.30. The summed E-state index contributed by atoms with van der Waals surface area (Å²) >= 11 is 0. The third kappa shape index (κ3) is 4.63. The highest BCUT2D eigenvalue weighted by molar-refractivity contribution is 5.95. The summed E-state index contributed by atoms with van der Waals surface area (Å²) in [5, 5.41) is 6.94.